The molecule has 0 aliphatic carbocycles. The van der Waals surface area contributed by atoms with E-state index < -0.39 is 0 Å². The fraction of sp³-hybridized carbons (Fsp3) is 0. The van der Waals surface area contributed by atoms with Crippen molar-refractivity contribution in [2.75, 3.05) is 5.43 Å². The van der Waals surface area contributed by atoms with Gasteiger partial charge in [0.15, 0.2) is 5.65 Å². The largest absolute Gasteiger partial charge is 0.338 e. The molecule has 0 bridgehead atoms. The summed E-state index contributed by atoms with van der Waals surface area (Å²) in [5, 5.41) is 13.5. The van der Waals surface area contributed by atoms with Gasteiger partial charge in [-0.25, -0.2) is 5.43 Å². The van der Waals surface area contributed by atoms with Gasteiger partial charge in [-0.15, -0.1) is 10.2 Å². The average Bonchev–Trinajstić information content (AvgIpc) is 3.06. The number of nitrogens with zero attached hydrogens (tertiary/aromatic N) is 6. The van der Waals surface area contributed by atoms with Crippen LogP contribution in [0.15, 0.2) is 60.0 Å². The minimum atomic E-state index is 0.312. The van der Waals surface area contributed by atoms with E-state index in [-0.39, 0.29) is 0 Å². The Labute approximate surface area is 147 Å². The predicted octanol–water partition coefficient (Wildman–Crippen LogP) is 2.90. The summed E-state index contributed by atoms with van der Waals surface area (Å²) in [7, 11) is 0. The van der Waals surface area contributed by atoms with E-state index in [1.54, 1.807) is 18.6 Å². The van der Waals surface area contributed by atoms with Crippen LogP contribution in [0.2, 0.25) is 0 Å². The number of fused-ring (bicyclic) bond motifs is 4. The first-order chi connectivity index (χ1) is 12.9. The van der Waals surface area contributed by atoms with E-state index >= 15 is 0 Å². The molecule has 5 aromatic rings. The molecule has 2 aromatic carbocycles. The number of aromatic nitrogens is 6. The molecule has 0 amide bonds. The number of nitrogens with one attached hydrogen (secondary N) is 2. The van der Waals surface area contributed by atoms with Crippen molar-refractivity contribution in [3.8, 4) is 0 Å². The third kappa shape index (κ3) is 2.40. The summed E-state index contributed by atoms with van der Waals surface area (Å²) in [5.41, 5.74) is 7.63. The van der Waals surface area contributed by atoms with E-state index in [1.165, 1.54) is 0 Å². The number of rotatable bonds is 3. The summed E-state index contributed by atoms with van der Waals surface area (Å²) in [4.78, 5) is 16.3. The first kappa shape index (κ1) is 14.4. The monoisotopic (exact) mass is 340 g/mol. The standard InChI is InChI=1S/C18H12N8/c1-2-6-13-12(5-1)16-17(22-13)23-18(26-24-16)25-21-10-11-4-3-7-14-15(11)20-9-8-19-14/h1-10H,(H2,22,23,25,26). The Morgan fingerprint density at radius 2 is 1.85 bits per heavy atom. The lowest BCUT2D eigenvalue weighted by Gasteiger charge is -2.00. The molecule has 8 heteroatoms. The second-order valence-electron chi connectivity index (χ2n) is 5.64. The van der Waals surface area contributed by atoms with Crippen molar-refractivity contribution in [2.45, 2.75) is 0 Å². The molecular formula is C18H12N8. The van der Waals surface area contributed by atoms with Crippen molar-refractivity contribution in [3.05, 3.63) is 60.4 Å². The fourth-order valence-corrected chi connectivity index (χ4v) is 2.85. The van der Waals surface area contributed by atoms with Crippen LogP contribution < -0.4 is 5.43 Å². The summed E-state index contributed by atoms with van der Waals surface area (Å²) in [6, 6.07) is 13.6. The van der Waals surface area contributed by atoms with Crippen LogP contribution in [0.1, 0.15) is 5.56 Å². The molecule has 0 saturated heterocycles. The third-order valence-electron chi connectivity index (χ3n) is 4.02. The highest BCUT2D eigenvalue weighted by atomic mass is 15.4. The number of hydrogen-bond acceptors (Lipinski definition) is 7. The maximum absolute atomic E-state index is 4.42. The van der Waals surface area contributed by atoms with Gasteiger partial charge in [-0.3, -0.25) is 9.97 Å². The predicted molar refractivity (Wildman–Crippen MR) is 99.9 cm³/mol. The van der Waals surface area contributed by atoms with Crippen molar-refractivity contribution < 1.29 is 0 Å². The highest BCUT2D eigenvalue weighted by Gasteiger charge is 2.08. The zero-order valence-corrected chi connectivity index (χ0v) is 13.5. The lowest BCUT2D eigenvalue weighted by atomic mass is 10.2. The molecule has 124 valence electrons. The van der Waals surface area contributed by atoms with E-state index in [9.17, 15) is 0 Å². The summed E-state index contributed by atoms with van der Waals surface area (Å²) in [6.07, 6.45) is 4.98. The van der Waals surface area contributed by atoms with Gasteiger partial charge in [-0.1, -0.05) is 30.3 Å². The number of anilines is 1. The highest BCUT2D eigenvalue weighted by molar-refractivity contribution is 6.03. The van der Waals surface area contributed by atoms with E-state index in [2.05, 4.69) is 40.7 Å². The number of aromatic amines is 1. The molecule has 3 aromatic heterocycles. The smallest absolute Gasteiger partial charge is 0.265 e. The zero-order valence-electron chi connectivity index (χ0n) is 13.5. The molecule has 0 spiro atoms. The van der Waals surface area contributed by atoms with Crippen LogP contribution in [-0.2, 0) is 0 Å². The first-order valence-electron chi connectivity index (χ1n) is 7.98. The molecular weight excluding hydrogens is 328 g/mol. The van der Waals surface area contributed by atoms with Crippen LogP contribution in [-0.4, -0.2) is 36.3 Å². The molecule has 26 heavy (non-hydrogen) atoms. The molecule has 0 fully saturated rings. The van der Waals surface area contributed by atoms with Gasteiger partial charge in [-0.05, 0) is 12.1 Å². The van der Waals surface area contributed by atoms with Gasteiger partial charge < -0.3 is 4.98 Å². The van der Waals surface area contributed by atoms with E-state index in [0.717, 1.165) is 33.0 Å². The summed E-state index contributed by atoms with van der Waals surface area (Å²) < 4.78 is 0. The van der Waals surface area contributed by atoms with Crippen LogP contribution in [0.3, 0.4) is 0 Å². The molecule has 0 atom stereocenters. The second kappa shape index (κ2) is 5.85. The van der Waals surface area contributed by atoms with Crippen molar-refractivity contribution in [1.82, 2.24) is 30.1 Å². The lowest BCUT2D eigenvalue weighted by Crippen LogP contribution is -1.99. The number of hydrogen-bond donors (Lipinski definition) is 2. The summed E-state index contributed by atoms with van der Waals surface area (Å²) in [5.74, 6) is 0.312. The van der Waals surface area contributed by atoms with E-state index in [4.69, 9.17) is 0 Å². The number of para-hydroxylation sites is 2. The molecule has 0 unspecified atom stereocenters. The molecule has 0 aliphatic heterocycles. The molecule has 8 nitrogen and oxygen atoms in total. The van der Waals surface area contributed by atoms with E-state index in [0.29, 0.717) is 11.6 Å². The van der Waals surface area contributed by atoms with Crippen LogP contribution in [0.5, 0.6) is 0 Å². The first-order valence-corrected chi connectivity index (χ1v) is 7.98. The molecule has 0 saturated carbocycles. The fourth-order valence-electron chi connectivity index (χ4n) is 2.85. The van der Waals surface area contributed by atoms with Crippen molar-refractivity contribution in [2.24, 2.45) is 5.10 Å². The van der Waals surface area contributed by atoms with Gasteiger partial charge in [-0.2, -0.15) is 10.1 Å². The Hall–Kier alpha value is -3.94. The maximum atomic E-state index is 4.42. The quantitative estimate of drug-likeness (QED) is 0.386. The van der Waals surface area contributed by atoms with Gasteiger partial charge in [0.25, 0.3) is 5.95 Å². The molecule has 0 radical (unpaired) electrons. The van der Waals surface area contributed by atoms with E-state index in [1.807, 2.05) is 42.5 Å². The van der Waals surface area contributed by atoms with Gasteiger partial charge in [0.2, 0.25) is 0 Å². The Balaban J connectivity index is 1.45. The minimum absolute atomic E-state index is 0.312. The second-order valence-corrected chi connectivity index (χ2v) is 5.64. The third-order valence-corrected chi connectivity index (χ3v) is 4.02. The summed E-state index contributed by atoms with van der Waals surface area (Å²) >= 11 is 0. The van der Waals surface area contributed by atoms with Crippen molar-refractivity contribution in [1.29, 1.82) is 0 Å². The van der Waals surface area contributed by atoms with Crippen LogP contribution in [0.25, 0.3) is 33.1 Å². The highest BCUT2D eigenvalue weighted by Crippen LogP contribution is 2.21. The van der Waals surface area contributed by atoms with Crippen molar-refractivity contribution >= 4 is 45.3 Å². The Bertz CT molecular complexity index is 1270. The average molecular weight is 340 g/mol. The topological polar surface area (TPSA) is 105 Å². The maximum Gasteiger partial charge on any atom is 0.265 e. The zero-order chi connectivity index (χ0) is 17.3. The lowest BCUT2D eigenvalue weighted by molar-refractivity contribution is 1.01. The summed E-state index contributed by atoms with van der Waals surface area (Å²) in [6.45, 7) is 0. The Morgan fingerprint density at radius 3 is 2.85 bits per heavy atom. The van der Waals surface area contributed by atoms with Crippen LogP contribution >= 0.6 is 0 Å². The van der Waals surface area contributed by atoms with Crippen LogP contribution in [0.4, 0.5) is 5.95 Å². The Kier molecular flexibility index (Phi) is 3.24. The molecule has 5 rings (SSSR count). The molecule has 2 N–H and O–H groups in total. The minimum Gasteiger partial charge on any atom is -0.338 e. The SMILES string of the molecule is C(=NNc1nnc2c(n1)[nH]c1ccccc12)c1cccc2nccnc12. The van der Waals surface area contributed by atoms with Gasteiger partial charge in [0.05, 0.1) is 17.2 Å². The van der Waals surface area contributed by atoms with Gasteiger partial charge >= 0.3 is 0 Å². The van der Waals surface area contributed by atoms with Gasteiger partial charge in [0, 0.05) is 28.9 Å². The molecule has 3 heterocycles. The molecule has 0 aliphatic rings. The number of benzene rings is 2. The normalized spacial score (nSPS) is 11.7. The number of H-pyrrole nitrogens is 1. The Morgan fingerprint density at radius 1 is 0.923 bits per heavy atom. The van der Waals surface area contributed by atoms with Gasteiger partial charge in [0.1, 0.15) is 5.52 Å². The van der Waals surface area contributed by atoms with Crippen molar-refractivity contribution in [3.63, 3.8) is 0 Å². The number of hydrazone groups is 1. The van der Waals surface area contributed by atoms with Crippen LogP contribution in [0, 0.1) is 0 Å².